The molecule has 0 saturated carbocycles. The summed E-state index contributed by atoms with van der Waals surface area (Å²) in [6, 6.07) is 13.5. The van der Waals surface area contributed by atoms with Gasteiger partial charge in [-0.2, -0.15) is 0 Å². The zero-order chi connectivity index (χ0) is 14.8. The Morgan fingerprint density at radius 2 is 1.95 bits per heavy atom. The molecule has 0 radical (unpaired) electrons. The van der Waals surface area contributed by atoms with Crippen molar-refractivity contribution in [3.05, 3.63) is 65.1 Å². The van der Waals surface area contributed by atoms with Crippen LogP contribution in [-0.2, 0) is 6.54 Å². The van der Waals surface area contributed by atoms with Gasteiger partial charge in [-0.15, -0.1) is 5.10 Å². The molecule has 21 heavy (non-hydrogen) atoms. The van der Waals surface area contributed by atoms with Crippen molar-refractivity contribution in [2.45, 2.75) is 6.54 Å². The van der Waals surface area contributed by atoms with Crippen LogP contribution in [-0.4, -0.2) is 15.0 Å². The first-order valence-electron chi connectivity index (χ1n) is 6.35. The molecule has 0 aliphatic rings. The highest BCUT2D eigenvalue weighted by Gasteiger charge is 2.15. The zero-order valence-electron chi connectivity index (χ0n) is 11.0. The first kappa shape index (κ1) is 13.7. The number of rotatable bonds is 3. The van der Waals surface area contributed by atoms with E-state index < -0.39 is 0 Å². The van der Waals surface area contributed by atoms with Crippen molar-refractivity contribution in [2.24, 2.45) is 5.73 Å². The van der Waals surface area contributed by atoms with E-state index in [-0.39, 0.29) is 12.4 Å². The lowest BCUT2D eigenvalue weighted by atomic mass is 10.1. The Bertz CT molecular complexity index is 785. The first-order chi connectivity index (χ1) is 10.2. The van der Waals surface area contributed by atoms with Crippen LogP contribution >= 0.6 is 11.6 Å². The Kier molecular flexibility index (Phi) is 3.68. The van der Waals surface area contributed by atoms with E-state index in [9.17, 15) is 4.39 Å². The molecule has 0 atom stereocenters. The molecule has 0 amide bonds. The van der Waals surface area contributed by atoms with Crippen LogP contribution < -0.4 is 5.73 Å². The predicted molar refractivity (Wildman–Crippen MR) is 79.7 cm³/mol. The molecule has 2 N–H and O–H groups in total. The Morgan fingerprint density at radius 3 is 2.67 bits per heavy atom. The molecule has 4 nitrogen and oxygen atoms in total. The summed E-state index contributed by atoms with van der Waals surface area (Å²) >= 11 is 6.04. The Balaban J connectivity index is 2.21. The van der Waals surface area contributed by atoms with Crippen molar-refractivity contribution in [1.29, 1.82) is 0 Å². The maximum atomic E-state index is 13.4. The van der Waals surface area contributed by atoms with E-state index in [0.29, 0.717) is 22.1 Å². The summed E-state index contributed by atoms with van der Waals surface area (Å²) in [6.07, 6.45) is 0. The number of hydrogen-bond donors (Lipinski definition) is 1. The quantitative estimate of drug-likeness (QED) is 0.808. The van der Waals surface area contributed by atoms with Crippen molar-refractivity contribution >= 4 is 11.6 Å². The molecular formula is C15H12ClFN4. The Labute approximate surface area is 126 Å². The SMILES string of the molecule is NCc1nnn(-c2cccc(F)c2)c1-c1cccc(Cl)c1. The normalized spacial score (nSPS) is 10.8. The molecule has 3 rings (SSSR count). The van der Waals surface area contributed by atoms with Crippen LogP contribution in [0.15, 0.2) is 48.5 Å². The van der Waals surface area contributed by atoms with Gasteiger partial charge >= 0.3 is 0 Å². The van der Waals surface area contributed by atoms with E-state index in [0.717, 1.165) is 5.56 Å². The minimum Gasteiger partial charge on any atom is -0.325 e. The third-order valence-electron chi connectivity index (χ3n) is 3.08. The van der Waals surface area contributed by atoms with Crippen molar-refractivity contribution in [1.82, 2.24) is 15.0 Å². The molecule has 0 fully saturated rings. The summed E-state index contributed by atoms with van der Waals surface area (Å²) in [5.41, 5.74) is 8.48. The Morgan fingerprint density at radius 1 is 1.14 bits per heavy atom. The maximum Gasteiger partial charge on any atom is 0.125 e. The summed E-state index contributed by atoms with van der Waals surface area (Å²) in [5.74, 6) is -0.339. The first-order valence-corrected chi connectivity index (χ1v) is 6.73. The maximum absolute atomic E-state index is 13.4. The standard InChI is InChI=1S/C15H12ClFN4/c16-11-4-1-3-10(7-11)15-14(9-18)19-20-21(15)13-6-2-5-12(17)8-13/h1-8H,9,18H2. The van der Waals surface area contributed by atoms with Gasteiger partial charge in [0.25, 0.3) is 0 Å². The van der Waals surface area contributed by atoms with Crippen molar-refractivity contribution < 1.29 is 4.39 Å². The zero-order valence-corrected chi connectivity index (χ0v) is 11.8. The van der Waals surface area contributed by atoms with Gasteiger partial charge in [0.2, 0.25) is 0 Å². The molecule has 1 aromatic heterocycles. The van der Waals surface area contributed by atoms with Crippen LogP contribution in [0.5, 0.6) is 0 Å². The minimum atomic E-state index is -0.339. The monoisotopic (exact) mass is 302 g/mol. The summed E-state index contributed by atoms with van der Waals surface area (Å²) in [4.78, 5) is 0. The van der Waals surface area contributed by atoms with Gasteiger partial charge in [-0.05, 0) is 30.3 Å². The molecule has 3 aromatic rings. The number of benzene rings is 2. The summed E-state index contributed by atoms with van der Waals surface area (Å²) in [5, 5.41) is 8.75. The van der Waals surface area contributed by atoms with Gasteiger partial charge in [0.1, 0.15) is 11.5 Å². The molecule has 1 heterocycles. The van der Waals surface area contributed by atoms with E-state index in [2.05, 4.69) is 10.3 Å². The molecule has 0 bridgehead atoms. The fraction of sp³-hybridized carbons (Fsp3) is 0.0667. The highest BCUT2D eigenvalue weighted by molar-refractivity contribution is 6.30. The predicted octanol–water partition coefficient (Wildman–Crippen LogP) is 3.19. The van der Waals surface area contributed by atoms with Crippen molar-refractivity contribution in [3.8, 4) is 16.9 Å². The highest BCUT2D eigenvalue weighted by atomic mass is 35.5. The van der Waals surface area contributed by atoms with Gasteiger partial charge in [0, 0.05) is 17.1 Å². The molecule has 0 aliphatic heterocycles. The number of nitrogens with zero attached hydrogens (tertiary/aromatic N) is 3. The van der Waals surface area contributed by atoms with E-state index in [4.69, 9.17) is 17.3 Å². The number of aromatic nitrogens is 3. The fourth-order valence-electron chi connectivity index (χ4n) is 2.16. The molecule has 0 spiro atoms. The third-order valence-corrected chi connectivity index (χ3v) is 3.32. The Hall–Kier alpha value is -2.24. The second-order valence-electron chi connectivity index (χ2n) is 4.49. The van der Waals surface area contributed by atoms with Gasteiger partial charge in [-0.25, -0.2) is 9.07 Å². The van der Waals surface area contributed by atoms with Crippen LogP contribution in [0.3, 0.4) is 0 Å². The smallest absolute Gasteiger partial charge is 0.125 e. The van der Waals surface area contributed by atoms with Crippen molar-refractivity contribution in [2.75, 3.05) is 0 Å². The second-order valence-corrected chi connectivity index (χ2v) is 4.93. The summed E-state index contributed by atoms with van der Waals surface area (Å²) in [6.45, 7) is 0.233. The van der Waals surface area contributed by atoms with E-state index >= 15 is 0 Å². The van der Waals surface area contributed by atoms with E-state index in [1.165, 1.54) is 12.1 Å². The molecule has 0 unspecified atom stereocenters. The third kappa shape index (κ3) is 2.66. The minimum absolute atomic E-state index is 0.233. The number of nitrogens with two attached hydrogens (primary N) is 1. The molecular weight excluding hydrogens is 291 g/mol. The van der Waals surface area contributed by atoms with E-state index in [1.54, 1.807) is 28.9 Å². The van der Waals surface area contributed by atoms with Crippen LogP contribution in [0.1, 0.15) is 5.69 Å². The highest BCUT2D eigenvalue weighted by Crippen LogP contribution is 2.27. The van der Waals surface area contributed by atoms with Gasteiger partial charge in [0.15, 0.2) is 0 Å². The number of hydrogen-bond acceptors (Lipinski definition) is 3. The fourth-order valence-corrected chi connectivity index (χ4v) is 2.35. The molecule has 6 heteroatoms. The molecule has 0 aliphatic carbocycles. The lowest BCUT2D eigenvalue weighted by molar-refractivity contribution is 0.625. The molecule has 2 aromatic carbocycles. The lowest BCUT2D eigenvalue weighted by Gasteiger charge is -2.08. The van der Waals surface area contributed by atoms with Crippen LogP contribution in [0.4, 0.5) is 4.39 Å². The van der Waals surface area contributed by atoms with Gasteiger partial charge in [-0.3, -0.25) is 0 Å². The number of halogens is 2. The van der Waals surface area contributed by atoms with Crippen LogP contribution in [0, 0.1) is 5.82 Å². The average molecular weight is 303 g/mol. The molecule has 0 saturated heterocycles. The molecule has 106 valence electrons. The summed E-state index contributed by atoms with van der Waals surface area (Å²) in [7, 11) is 0. The second kappa shape index (κ2) is 5.63. The van der Waals surface area contributed by atoms with Crippen LogP contribution in [0.25, 0.3) is 16.9 Å². The summed E-state index contributed by atoms with van der Waals surface area (Å²) < 4.78 is 15.0. The topological polar surface area (TPSA) is 56.7 Å². The van der Waals surface area contributed by atoms with Gasteiger partial charge < -0.3 is 5.73 Å². The van der Waals surface area contributed by atoms with Gasteiger partial charge in [-0.1, -0.05) is 35.0 Å². The van der Waals surface area contributed by atoms with Crippen molar-refractivity contribution in [3.63, 3.8) is 0 Å². The average Bonchev–Trinajstić information content (AvgIpc) is 2.91. The van der Waals surface area contributed by atoms with Gasteiger partial charge in [0.05, 0.1) is 11.4 Å². The largest absolute Gasteiger partial charge is 0.325 e. The van der Waals surface area contributed by atoms with E-state index in [1.807, 2.05) is 12.1 Å². The lowest BCUT2D eigenvalue weighted by Crippen LogP contribution is -2.03. The van der Waals surface area contributed by atoms with Crippen LogP contribution in [0.2, 0.25) is 5.02 Å².